The zero-order chi connectivity index (χ0) is 20.3. The Morgan fingerprint density at radius 1 is 0.964 bits per heavy atom. The molecule has 0 aromatic heterocycles. The summed E-state index contributed by atoms with van der Waals surface area (Å²) in [6.45, 7) is 8.97. The van der Waals surface area contributed by atoms with Gasteiger partial charge in [0.1, 0.15) is 0 Å². The second-order valence-corrected chi connectivity index (χ2v) is 8.96. The van der Waals surface area contributed by atoms with Crippen LogP contribution in [-0.2, 0) is 4.79 Å². The first kappa shape index (κ1) is 20.4. The van der Waals surface area contributed by atoms with Crippen molar-refractivity contribution in [1.82, 2.24) is 4.90 Å². The predicted octanol–water partition coefficient (Wildman–Crippen LogP) is 4.40. The lowest BCUT2D eigenvalue weighted by molar-refractivity contribution is -0.139. The molecular weight excluding hydrogens is 418 g/mol. The topological polar surface area (TPSA) is 52.7 Å². The summed E-state index contributed by atoms with van der Waals surface area (Å²) in [7, 11) is 0. The van der Waals surface area contributed by atoms with Crippen LogP contribution in [0.4, 0.5) is 11.4 Å². The van der Waals surface area contributed by atoms with Crippen LogP contribution >= 0.6 is 15.9 Å². The van der Waals surface area contributed by atoms with E-state index >= 15 is 0 Å². The molecule has 28 heavy (non-hydrogen) atoms. The molecule has 0 radical (unpaired) electrons. The molecule has 0 aliphatic carbocycles. The van der Waals surface area contributed by atoms with Gasteiger partial charge in [-0.3, -0.25) is 9.59 Å². The highest BCUT2D eigenvalue weighted by atomic mass is 79.9. The first-order chi connectivity index (χ1) is 13.2. The Bertz CT molecular complexity index is 851. The van der Waals surface area contributed by atoms with E-state index in [1.165, 1.54) is 0 Å². The van der Waals surface area contributed by atoms with Crippen LogP contribution in [0.15, 0.2) is 53.0 Å². The van der Waals surface area contributed by atoms with Gasteiger partial charge in [-0.2, -0.15) is 0 Å². The van der Waals surface area contributed by atoms with E-state index in [4.69, 9.17) is 0 Å². The van der Waals surface area contributed by atoms with Gasteiger partial charge in [0.2, 0.25) is 5.91 Å². The molecule has 0 unspecified atom stereocenters. The predicted molar refractivity (Wildman–Crippen MR) is 117 cm³/mol. The van der Waals surface area contributed by atoms with Crippen molar-refractivity contribution in [2.24, 2.45) is 5.41 Å². The Morgan fingerprint density at radius 2 is 1.61 bits per heavy atom. The van der Waals surface area contributed by atoms with Gasteiger partial charge in [-0.15, -0.1) is 0 Å². The first-order valence-electron chi connectivity index (χ1n) is 9.45. The maximum atomic E-state index is 12.4. The Labute approximate surface area is 174 Å². The highest BCUT2D eigenvalue weighted by Gasteiger charge is 2.29. The third kappa shape index (κ3) is 4.93. The second kappa shape index (κ2) is 8.35. The summed E-state index contributed by atoms with van der Waals surface area (Å²) in [6.07, 6.45) is 0. The van der Waals surface area contributed by atoms with Crippen molar-refractivity contribution < 1.29 is 9.59 Å². The number of hydrogen-bond acceptors (Lipinski definition) is 3. The molecule has 1 aliphatic heterocycles. The monoisotopic (exact) mass is 443 g/mol. The SMILES string of the molecule is CC(C)(C)C(=O)N1CCN(c2ccc(NC(=O)c3cccc(Br)c3)cc2)CC1. The van der Waals surface area contributed by atoms with Gasteiger partial charge in [-0.05, 0) is 42.5 Å². The average Bonchev–Trinajstić information content (AvgIpc) is 2.67. The number of halogens is 1. The van der Waals surface area contributed by atoms with E-state index in [0.717, 1.165) is 42.0 Å². The van der Waals surface area contributed by atoms with Crippen LogP contribution in [0.25, 0.3) is 0 Å². The fourth-order valence-electron chi connectivity index (χ4n) is 3.23. The normalized spacial score (nSPS) is 14.7. The molecule has 5 nitrogen and oxygen atoms in total. The number of nitrogens with one attached hydrogen (secondary N) is 1. The van der Waals surface area contributed by atoms with Gasteiger partial charge in [0, 0.05) is 53.0 Å². The van der Waals surface area contributed by atoms with Gasteiger partial charge < -0.3 is 15.1 Å². The highest BCUT2D eigenvalue weighted by Crippen LogP contribution is 2.23. The van der Waals surface area contributed by atoms with Crippen molar-refractivity contribution in [3.8, 4) is 0 Å². The summed E-state index contributed by atoms with van der Waals surface area (Å²) in [5, 5.41) is 2.92. The minimum Gasteiger partial charge on any atom is -0.368 e. The molecule has 1 saturated heterocycles. The van der Waals surface area contributed by atoms with Gasteiger partial charge in [0.05, 0.1) is 0 Å². The summed E-state index contributed by atoms with van der Waals surface area (Å²) in [4.78, 5) is 29.0. The number of carbonyl (C=O) groups is 2. The fraction of sp³-hybridized carbons (Fsp3) is 0.364. The van der Waals surface area contributed by atoms with Crippen LogP contribution in [0.5, 0.6) is 0 Å². The second-order valence-electron chi connectivity index (χ2n) is 8.04. The van der Waals surface area contributed by atoms with Gasteiger partial charge >= 0.3 is 0 Å². The van der Waals surface area contributed by atoms with Crippen LogP contribution in [-0.4, -0.2) is 42.9 Å². The summed E-state index contributed by atoms with van der Waals surface area (Å²) in [5.74, 6) is 0.0705. The minimum atomic E-state index is -0.337. The summed E-state index contributed by atoms with van der Waals surface area (Å²) in [6, 6.07) is 15.2. The molecular formula is C22H26BrN3O2. The van der Waals surface area contributed by atoms with Crippen molar-refractivity contribution in [1.29, 1.82) is 0 Å². The van der Waals surface area contributed by atoms with Crippen LogP contribution < -0.4 is 10.2 Å². The third-order valence-electron chi connectivity index (χ3n) is 4.79. The van der Waals surface area contributed by atoms with Gasteiger partial charge in [0.25, 0.3) is 5.91 Å². The molecule has 0 spiro atoms. The van der Waals surface area contributed by atoms with E-state index in [-0.39, 0.29) is 17.2 Å². The van der Waals surface area contributed by atoms with Crippen LogP contribution in [0, 0.1) is 5.41 Å². The summed E-state index contributed by atoms with van der Waals surface area (Å²) >= 11 is 3.38. The molecule has 6 heteroatoms. The van der Waals surface area contributed by atoms with Gasteiger partial charge in [-0.1, -0.05) is 42.8 Å². The smallest absolute Gasteiger partial charge is 0.255 e. The Morgan fingerprint density at radius 3 is 2.18 bits per heavy atom. The van der Waals surface area contributed by atoms with Crippen molar-refractivity contribution >= 4 is 39.1 Å². The Kier molecular flexibility index (Phi) is 6.08. The van der Waals surface area contributed by atoms with Crippen molar-refractivity contribution in [2.75, 3.05) is 36.4 Å². The molecule has 2 aromatic carbocycles. The molecule has 1 heterocycles. The van der Waals surface area contributed by atoms with Crippen LogP contribution in [0.3, 0.4) is 0 Å². The lowest BCUT2D eigenvalue weighted by Crippen LogP contribution is -2.51. The molecule has 2 aromatic rings. The summed E-state index contributed by atoms with van der Waals surface area (Å²) < 4.78 is 0.875. The zero-order valence-electron chi connectivity index (χ0n) is 16.5. The molecule has 148 valence electrons. The average molecular weight is 444 g/mol. The highest BCUT2D eigenvalue weighted by molar-refractivity contribution is 9.10. The number of piperazine rings is 1. The lowest BCUT2D eigenvalue weighted by atomic mass is 9.94. The van der Waals surface area contributed by atoms with E-state index in [1.807, 2.05) is 62.1 Å². The number of benzene rings is 2. The van der Waals surface area contributed by atoms with Crippen LogP contribution in [0.2, 0.25) is 0 Å². The van der Waals surface area contributed by atoms with E-state index in [2.05, 4.69) is 26.1 Å². The van der Waals surface area contributed by atoms with Crippen molar-refractivity contribution in [2.45, 2.75) is 20.8 Å². The van der Waals surface area contributed by atoms with Gasteiger partial charge in [-0.25, -0.2) is 0 Å². The Hall–Kier alpha value is -2.34. The number of amides is 2. The molecule has 1 fully saturated rings. The maximum Gasteiger partial charge on any atom is 0.255 e. The largest absolute Gasteiger partial charge is 0.368 e. The third-order valence-corrected chi connectivity index (χ3v) is 5.28. The molecule has 0 atom stereocenters. The number of rotatable bonds is 3. The maximum absolute atomic E-state index is 12.4. The van der Waals surface area contributed by atoms with E-state index in [0.29, 0.717) is 5.56 Å². The number of hydrogen-bond donors (Lipinski definition) is 1. The molecule has 0 saturated carbocycles. The zero-order valence-corrected chi connectivity index (χ0v) is 18.1. The van der Waals surface area contributed by atoms with Crippen molar-refractivity contribution in [3.05, 3.63) is 58.6 Å². The molecule has 1 N–H and O–H groups in total. The molecule has 1 aliphatic rings. The first-order valence-corrected chi connectivity index (χ1v) is 10.2. The lowest BCUT2D eigenvalue weighted by Gasteiger charge is -2.38. The van der Waals surface area contributed by atoms with E-state index in [9.17, 15) is 9.59 Å². The number of anilines is 2. The Balaban J connectivity index is 1.58. The van der Waals surface area contributed by atoms with Crippen LogP contribution in [0.1, 0.15) is 31.1 Å². The minimum absolute atomic E-state index is 0.136. The molecule has 3 rings (SSSR count). The fourth-order valence-corrected chi connectivity index (χ4v) is 3.63. The van der Waals surface area contributed by atoms with E-state index < -0.39 is 0 Å². The molecule has 0 bridgehead atoms. The van der Waals surface area contributed by atoms with Gasteiger partial charge in [0.15, 0.2) is 0 Å². The summed E-state index contributed by atoms with van der Waals surface area (Å²) in [5.41, 5.74) is 2.13. The van der Waals surface area contributed by atoms with E-state index in [1.54, 1.807) is 12.1 Å². The molecule has 2 amide bonds. The number of carbonyl (C=O) groups excluding carboxylic acids is 2. The standard InChI is InChI=1S/C22H26BrN3O2/c1-22(2,3)21(28)26-13-11-25(12-14-26)19-9-7-18(8-10-19)24-20(27)16-5-4-6-17(23)15-16/h4-10,15H,11-14H2,1-3H3,(H,24,27). The number of nitrogens with zero attached hydrogens (tertiary/aromatic N) is 2. The van der Waals surface area contributed by atoms with Crippen molar-refractivity contribution in [3.63, 3.8) is 0 Å². The quantitative estimate of drug-likeness (QED) is 0.764.